The summed E-state index contributed by atoms with van der Waals surface area (Å²) in [6, 6.07) is 14.7. The van der Waals surface area contributed by atoms with Crippen LogP contribution in [-0.4, -0.2) is 12.5 Å². The molecule has 1 aromatic carbocycles. The Morgan fingerprint density at radius 3 is 2.68 bits per heavy atom. The maximum Gasteiger partial charge on any atom is 0.217 e. The number of primary amides is 1. The van der Waals surface area contributed by atoms with E-state index in [2.05, 4.69) is 41.7 Å². The highest BCUT2D eigenvalue weighted by molar-refractivity contribution is 7.15. The van der Waals surface area contributed by atoms with Crippen LogP contribution < -0.4 is 11.1 Å². The molecule has 0 spiro atoms. The number of nitrogens with two attached hydrogens (primary N) is 1. The summed E-state index contributed by atoms with van der Waals surface area (Å²) in [6.07, 6.45) is 1.25. The van der Waals surface area contributed by atoms with E-state index in [0.717, 1.165) is 19.5 Å². The Kier molecular flexibility index (Phi) is 5.12. The predicted molar refractivity (Wildman–Crippen MR) is 79.9 cm³/mol. The van der Waals surface area contributed by atoms with Crippen LogP contribution in [0.15, 0.2) is 42.5 Å². The van der Waals surface area contributed by atoms with E-state index in [0.29, 0.717) is 6.42 Å². The number of thiophene rings is 1. The first-order chi connectivity index (χ1) is 9.25. The molecule has 19 heavy (non-hydrogen) atoms. The first-order valence-electron chi connectivity index (χ1n) is 6.39. The lowest BCUT2D eigenvalue weighted by Crippen LogP contribution is -2.17. The summed E-state index contributed by atoms with van der Waals surface area (Å²) in [4.78, 5) is 13.2. The first-order valence-corrected chi connectivity index (χ1v) is 7.20. The van der Waals surface area contributed by atoms with Crippen molar-refractivity contribution in [2.24, 2.45) is 5.73 Å². The quantitative estimate of drug-likeness (QED) is 0.763. The van der Waals surface area contributed by atoms with E-state index >= 15 is 0 Å². The molecule has 0 saturated heterocycles. The summed E-state index contributed by atoms with van der Waals surface area (Å²) in [5.74, 6) is -0.232. The second-order valence-corrected chi connectivity index (χ2v) is 5.55. The SMILES string of the molecule is NC(=O)CCCNCc1ccc(-c2ccccc2)s1. The Hall–Kier alpha value is -1.65. The van der Waals surface area contributed by atoms with Gasteiger partial charge in [-0.1, -0.05) is 30.3 Å². The van der Waals surface area contributed by atoms with E-state index in [1.54, 1.807) is 11.3 Å². The minimum absolute atomic E-state index is 0.232. The molecule has 0 radical (unpaired) electrons. The molecule has 0 aliphatic carbocycles. The van der Waals surface area contributed by atoms with Gasteiger partial charge in [-0.05, 0) is 30.7 Å². The van der Waals surface area contributed by atoms with Crippen molar-refractivity contribution in [3.8, 4) is 10.4 Å². The van der Waals surface area contributed by atoms with E-state index < -0.39 is 0 Å². The number of hydrogen-bond acceptors (Lipinski definition) is 3. The smallest absolute Gasteiger partial charge is 0.217 e. The molecule has 0 aliphatic heterocycles. The van der Waals surface area contributed by atoms with Crippen LogP contribution >= 0.6 is 11.3 Å². The third-order valence-corrected chi connectivity index (χ3v) is 3.93. The van der Waals surface area contributed by atoms with Crippen molar-refractivity contribution in [3.63, 3.8) is 0 Å². The molecule has 0 fully saturated rings. The standard InChI is InChI=1S/C15H18N2OS/c16-15(18)7-4-10-17-11-13-8-9-14(19-13)12-5-2-1-3-6-12/h1-3,5-6,8-9,17H,4,7,10-11H2,(H2,16,18). The Balaban J connectivity index is 1.80. The van der Waals surface area contributed by atoms with Crippen molar-refractivity contribution in [2.75, 3.05) is 6.54 Å². The number of carbonyl (C=O) groups excluding carboxylic acids is 1. The predicted octanol–water partition coefficient (Wildman–Crippen LogP) is 2.77. The zero-order chi connectivity index (χ0) is 13.5. The zero-order valence-corrected chi connectivity index (χ0v) is 11.6. The van der Waals surface area contributed by atoms with E-state index in [-0.39, 0.29) is 5.91 Å². The van der Waals surface area contributed by atoms with Crippen LogP contribution in [0.2, 0.25) is 0 Å². The van der Waals surface area contributed by atoms with Crippen molar-refractivity contribution in [2.45, 2.75) is 19.4 Å². The summed E-state index contributed by atoms with van der Waals surface area (Å²) in [5, 5.41) is 3.32. The van der Waals surface area contributed by atoms with Crippen molar-refractivity contribution in [1.82, 2.24) is 5.32 Å². The third-order valence-electron chi connectivity index (χ3n) is 2.80. The maximum absolute atomic E-state index is 10.6. The second-order valence-electron chi connectivity index (χ2n) is 4.38. The molecule has 0 unspecified atom stereocenters. The van der Waals surface area contributed by atoms with Crippen LogP contribution in [0.1, 0.15) is 17.7 Å². The Morgan fingerprint density at radius 2 is 1.95 bits per heavy atom. The van der Waals surface area contributed by atoms with Gasteiger partial charge >= 0.3 is 0 Å². The highest BCUT2D eigenvalue weighted by Gasteiger charge is 2.02. The van der Waals surface area contributed by atoms with Crippen LogP contribution in [-0.2, 0) is 11.3 Å². The molecule has 2 rings (SSSR count). The van der Waals surface area contributed by atoms with Gasteiger partial charge in [-0.2, -0.15) is 0 Å². The molecular weight excluding hydrogens is 256 g/mol. The topological polar surface area (TPSA) is 55.1 Å². The van der Waals surface area contributed by atoms with Crippen molar-refractivity contribution in [3.05, 3.63) is 47.3 Å². The molecule has 0 saturated carbocycles. The number of rotatable bonds is 7. The van der Waals surface area contributed by atoms with Gasteiger partial charge in [-0.25, -0.2) is 0 Å². The number of amides is 1. The molecule has 0 bridgehead atoms. The van der Waals surface area contributed by atoms with Gasteiger partial charge in [0.1, 0.15) is 0 Å². The molecule has 0 aliphatic rings. The monoisotopic (exact) mass is 274 g/mol. The maximum atomic E-state index is 10.6. The van der Waals surface area contributed by atoms with Crippen LogP contribution in [0.3, 0.4) is 0 Å². The molecule has 3 N–H and O–H groups in total. The number of hydrogen-bond donors (Lipinski definition) is 2. The van der Waals surface area contributed by atoms with Crippen molar-refractivity contribution >= 4 is 17.2 Å². The van der Waals surface area contributed by atoms with E-state index in [1.807, 2.05) is 6.07 Å². The van der Waals surface area contributed by atoms with Crippen LogP contribution in [0, 0.1) is 0 Å². The fourth-order valence-electron chi connectivity index (χ4n) is 1.83. The number of carbonyl (C=O) groups is 1. The van der Waals surface area contributed by atoms with Gasteiger partial charge in [-0.15, -0.1) is 11.3 Å². The summed E-state index contributed by atoms with van der Waals surface area (Å²) < 4.78 is 0. The van der Waals surface area contributed by atoms with Gasteiger partial charge in [0.25, 0.3) is 0 Å². The van der Waals surface area contributed by atoms with Gasteiger partial charge < -0.3 is 11.1 Å². The molecule has 2 aromatic rings. The summed E-state index contributed by atoms with van der Waals surface area (Å²) in [6.45, 7) is 1.66. The highest BCUT2D eigenvalue weighted by atomic mass is 32.1. The van der Waals surface area contributed by atoms with E-state index in [1.165, 1.54) is 15.3 Å². The Labute approximate surface area is 117 Å². The molecule has 1 aromatic heterocycles. The van der Waals surface area contributed by atoms with Crippen molar-refractivity contribution in [1.29, 1.82) is 0 Å². The molecule has 3 nitrogen and oxygen atoms in total. The Bertz CT molecular complexity index is 522. The zero-order valence-electron chi connectivity index (χ0n) is 10.8. The lowest BCUT2D eigenvalue weighted by Gasteiger charge is -2.01. The van der Waals surface area contributed by atoms with Crippen LogP contribution in [0.4, 0.5) is 0 Å². The minimum Gasteiger partial charge on any atom is -0.370 e. The number of nitrogens with one attached hydrogen (secondary N) is 1. The third kappa shape index (κ3) is 4.50. The lowest BCUT2D eigenvalue weighted by molar-refractivity contribution is -0.118. The molecule has 0 atom stereocenters. The average Bonchev–Trinajstić information content (AvgIpc) is 2.88. The van der Waals surface area contributed by atoms with E-state index in [9.17, 15) is 4.79 Å². The fourth-order valence-corrected chi connectivity index (χ4v) is 2.81. The molecular formula is C15H18N2OS. The summed E-state index contributed by atoms with van der Waals surface area (Å²) in [5.41, 5.74) is 6.35. The average molecular weight is 274 g/mol. The largest absolute Gasteiger partial charge is 0.370 e. The van der Waals surface area contributed by atoms with Gasteiger partial charge in [-0.3, -0.25) is 4.79 Å². The van der Waals surface area contributed by atoms with Gasteiger partial charge in [0.05, 0.1) is 0 Å². The molecule has 1 amide bonds. The molecule has 100 valence electrons. The fraction of sp³-hybridized carbons (Fsp3) is 0.267. The highest BCUT2D eigenvalue weighted by Crippen LogP contribution is 2.27. The van der Waals surface area contributed by atoms with Gasteiger partial charge in [0, 0.05) is 22.7 Å². The Morgan fingerprint density at radius 1 is 1.16 bits per heavy atom. The lowest BCUT2D eigenvalue weighted by atomic mass is 10.2. The van der Waals surface area contributed by atoms with Crippen LogP contribution in [0.25, 0.3) is 10.4 Å². The van der Waals surface area contributed by atoms with Gasteiger partial charge in [0.2, 0.25) is 5.91 Å². The normalized spacial score (nSPS) is 10.5. The minimum atomic E-state index is -0.232. The molecule has 1 heterocycles. The first kappa shape index (κ1) is 13.8. The van der Waals surface area contributed by atoms with Crippen LogP contribution in [0.5, 0.6) is 0 Å². The molecule has 4 heteroatoms. The second kappa shape index (κ2) is 7.07. The number of benzene rings is 1. The summed E-state index contributed by atoms with van der Waals surface area (Å²) in [7, 11) is 0. The van der Waals surface area contributed by atoms with Crippen molar-refractivity contribution < 1.29 is 4.79 Å². The summed E-state index contributed by atoms with van der Waals surface area (Å²) >= 11 is 1.80. The van der Waals surface area contributed by atoms with Gasteiger partial charge in [0.15, 0.2) is 0 Å². The van der Waals surface area contributed by atoms with E-state index in [4.69, 9.17) is 5.73 Å².